The molecule has 0 aliphatic heterocycles. The number of carboxylic acids is 1. The normalized spacial score (nSPS) is 13.5. The molecule has 3 rings (SSSR count). The lowest BCUT2D eigenvalue weighted by Crippen LogP contribution is -2.44. The highest BCUT2D eigenvalue weighted by Crippen LogP contribution is 2.42. The lowest BCUT2D eigenvalue weighted by atomic mass is 9.65. The molecule has 3 aromatic carbocycles. The van der Waals surface area contributed by atoms with Crippen LogP contribution in [0.15, 0.2) is 83.8 Å². The van der Waals surface area contributed by atoms with Crippen LogP contribution in [-0.4, -0.2) is 17.3 Å². The Bertz CT molecular complexity index is 1130. The fourth-order valence-corrected chi connectivity index (χ4v) is 4.45. The van der Waals surface area contributed by atoms with E-state index in [0.29, 0.717) is 12.2 Å². The van der Waals surface area contributed by atoms with Gasteiger partial charge in [-0.15, -0.1) is 11.8 Å². The molecule has 0 aromatic heterocycles. The van der Waals surface area contributed by atoms with Crippen LogP contribution in [0.3, 0.4) is 0 Å². The van der Waals surface area contributed by atoms with Crippen molar-refractivity contribution in [1.29, 1.82) is 0 Å². The van der Waals surface area contributed by atoms with Gasteiger partial charge in [-0.2, -0.15) is 0 Å². The second kappa shape index (κ2) is 11.1. The Morgan fingerprint density at radius 3 is 2.21 bits per heavy atom. The number of ether oxygens (including phenoxy) is 1. The Kier molecular flexibility index (Phi) is 8.25. The van der Waals surface area contributed by atoms with E-state index in [1.54, 1.807) is 11.8 Å². The first-order valence-electron chi connectivity index (χ1n) is 11.1. The quantitative estimate of drug-likeness (QED) is 0.287. The molecule has 170 valence electrons. The third-order valence-electron chi connectivity index (χ3n) is 6.15. The molecule has 0 aliphatic rings. The van der Waals surface area contributed by atoms with E-state index in [4.69, 9.17) is 4.74 Å². The van der Waals surface area contributed by atoms with Gasteiger partial charge in [-0.1, -0.05) is 69.0 Å². The van der Waals surface area contributed by atoms with Gasteiger partial charge in [0.05, 0.1) is 5.41 Å². The van der Waals surface area contributed by atoms with Gasteiger partial charge in [0.15, 0.2) is 0 Å². The Hall–Kier alpha value is -3.16. The molecule has 33 heavy (non-hydrogen) atoms. The monoisotopic (exact) mass is 458 g/mol. The van der Waals surface area contributed by atoms with E-state index < -0.39 is 11.4 Å². The maximum absolute atomic E-state index is 12.8. The molecule has 0 amide bonds. The van der Waals surface area contributed by atoms with Crippen molar-refractivity contribution in [2.45, 2.75) is 32.1 Å². The van der Waals surface area contributed by atoms with E-state index in [1.165, 1.54) is 4.90 Å². The molecule has 3 aromatic rings. The Morgan fingerprint density at radius 2 is 1.61 bits per heavy atom. The summed E-state index contributed by atoms with van der Waals surface area (Å²) in [5.74, 6) is 6.48. The van der Waals surface area contributed by atoms with Crippen LogP contribution in [0, 0.1) is 29.1 Å². The second-order valence-electron chi connectivity index (χ2n) is 8.42. The summed E-state index contributed by atoms with van der Waals surface area (Å²) in [7, 11) is 0. The standard InChI is InChI=1S/C29H30O3S/c1-21(2)29(28(30)31,22(3)14-15-23-16-18-26(33-4)19-17-23)20-24-10-8-9-13-27(24)32-25-11-6-5-7-12-25/h5-13,16-19,21-22H,20H2,1-4H3,(H,30,31). The van der Waals surface area contributed by atoms with Crippen LogP contribution in [0.25, 0.3) is 0 Å². The van der Waals surface area contributed by atoms with Crippen LogP contribution in [0.2, 0.25) is 0 Å². The molecule has 2 atom stereocenters. The molecule has 0 bridgehead atoms. The van der Waals surface area contributed by atoms with Crippen LogP contribution in [0.5, 0.6) is 11.5 Å². The van der Waals surface area contributed by atoms with Crippen molar-refractivity contribution in [3.63, 3.8) is 0 Å². The Labute approximate surface area is 201 Å². The third-order valence-corrected chi connectivity index (χ3v) is 6.89. The van der Waals surface area contributed by atoms with Gasteiger partial charge in [-0.3, -0.25) is 4.79 Å². The predicted octanol–water partition coefficient (Wildman–Crippen LogP) is 7.16. The molecule has 0 fully saturated rings. The van der Waals surface area contributed by atoms with Crippen molar-refractivity contribution < 1.29 is 14.6 Å². The lowest BCUT2D eigenvalue weighted by molar-refractivity contribution is -0.154. The zero-order valence-corrected chi connectivity index (χ0v) is 20.4. The molecule has 1 N–H and O–H groups in total. The summed E-state index contributed by atoms with van der Waals surface area (Å²) in [5, 5.41) is 10.5. The van der Waals surface area contributed by atoms with E-state index in [-0.39, 0.29) is 11.8 Å². The molecule has 0 saturated carbocycles. The minimum Gasteiger partial charge on any atom is -0.481 e. The van der Waals surface area contributed by atoms with Gasteiger partial charge in [0.1, 0.15) is 11.5 Å². The Balaban J connectivity index is 1.95. The molecule has 0 spiro atoms. The number of hydrogen-bond donors (Lipinski definition) is 1. The van der Waals surface area contributed by atoms with Crippen LogP contribution < -0.4 is 4.74 Å². The van der Waals surface area contributed by atoms with E-state index in [1.807, 2.05) is 106 Å². The summed E-state index contributed by atoms with van der Waals surface area (Å²) >= 11 is 1.68. The third kappa shape index (κ3) is 5.80. The zero-order chi connectivity index (χ0) is 23.8. The number of hydrogen-bond acceptors (Lipinski definition) is 3. The van der Waals surface area contributed by atoms with Crippen molar-refractivity contribution in [2.75, 3.05) is 6.26 Å². The van der Waals surface area contributed by atoms with Crippen molar-refractivity contribution in [1.82, 2.24) is 0 Å². The first-order chi connectivity index (χ1) is 15.9. The fourth-order valence-electron chi connectivity index (χ4n) is 4.04. The number of carboxylic acid groups (broad SMARTS) is 1. The van der Waals surface area contributed by atoms with Gasteiger partial charge in [0, 0.05) is 16.4 Å². The SMILES string of the molecule is CSc1ccc(C#CC(C)C(Cc2ccccc2Oc2ccccc2)(C(=O)O)C(C)C)cc1. The minimum absolute atomic E-state index is 0.136. The van der Waals surface area contributed by atoms with Crippen LogP contribution in [-0.2, 0) is 11.2 Å². The van der Waals surface area contributed by atoms with Gasteiger partial charge in [0.25, 0.3) is 0 Å². The van der Waals surface area contributed by atoms with E-state index in [2.05, 4.69) is 11.8 Å². The summed E-state index contributed by atoms with van der Waals surface area (Å²) in [6.07, 6.45) is 2.36. The van der Waals surface area contributed by atoms with Crippen LogP contribution in [0.4, 0.5) is 0 Å². The summed E-state index contributed by atoms with van der Waals surface area (Å²) in [4.78, 5) is 13.9. The van der Waals surface area contributed by atoms with Gasteiger partial charge in [-0.05, 0) is 66.6 Å². The molecule has 0 saturated heterocycles. The highest BCUT2D eigenvalue weighted by atomic mass is 32.2. The summed E-state index contributed by atoms with van der Waals surface area (Å²) in [6, 6.07) is 25.2. The average Bonchev–Trinajstić information content (AvgIpc) is 2.82. The smallest absolute Gasteiger partial charge is 0.311 e. The van der Waals surface area contributed by atoms with E-state index in [0.717, 1.165) is 16.9 Å². The van der Waals surface area contributed by atoms with Crippen LogP contribution >= 0.6 is 11.8 Å². The first kappa shape index (κ1) is 24.5. The molecule has 4 heteroatoms. The van der Waals surface area contributed by atoms with Crippen molar-refractivity contribution >= 4 is 17.7 Å². The molecule has 2 unspecified atom stereocenters. The van der Waals surface area contributed by atoms with E-state index >= 15 is 0 Å². The summed E-state index contributed by atoms with van der Waals surface area (Å²) in [5.41, 5.74) is 0.675. The maximum atomic E-state index is 12.8. The molecule has 0 heterocycles. The van der Waals surface area contributed by atoms with Crippen molar-refractivity contribution in [3.8, 4) is 23.3 Å². The van der Waals surface area contributed by atoms with Gasteiger partial charge >= 0.3 is 5.97 Å². The Morgan fingerprint density at radius 1 is 0.970 bits per heavy atom. The summed E-state index contributed by atoms with van der Waals surface area (Å²) < 4.78 is 6.11. The average molecular weight is 459 g/mol. The fraction of sp³-hybridized carbons (Fsp3) is 0.276. The molecular weight excluding hydrogens is 428 g/mol. The number of para-hydroxylation sites is 2. The number of carbonyl (C=O) groups is 1. The highest BCUT2D eigenvalue weighted by Gasteiger charge is 2.46. The largest absolute Gasteiger partial charge is 0.481 e. The molecular formula is C29H30O3S. The maximum Gasteiger partial charge on any atom is 0.311 e. The van der Waals surface area contributed by atoms with E-state index in [9.17, 15) is 9.90 Å². The van der Waals surface area contributed by atoms with Crippen molar-refractivity contribution in [3.05, 3.63) is 90.0 Å². The number of thioether (sulfide) groups is 1. The number of rotatable bonds is 8. The molecule has 0 aliphatic carbocycles. The van der Waals surface area contributed by atoms with Crippen LogP contribution in [0.1, 0.15) is 31.9 Å². The second-order valence-corrected chi connectivity index (χ2v) is 9.30. The van der Waals surface area contributed by atoms with Gasteiger partial charge in [-0.25, -0.2) is 0 Å². The predicted molar refractivity (Wildman–Crippen MR) is 136 cm³/mol. The zero-order valence-electron chi connectivity index (χ0n) is 19.5. The highest BCUT2D eigenvalue weighted by molar-refractivity contribution is 7.98. The number of aliphatic carboxylic acids is 1. The first-order valence-corrected chi connectivity index (χ1v) is 12.3. The summed E-state index contributed by atoms with van der Waals surface area (Å²) in [6.45, 7) is 5.83. The minimum atomic E-state index is -1.07. The topological polar surface area (TPSA) is 46.5 Å². The van der Waals surface area contributed by atoms with Gasteiger partial charge in [0.2, 0.25) is 0 Å². The molecule has 3 nitrogen and oxygen atoms in total. The number of benzene rings is 3. The lowest BCUT2D eigenvalue weighted by Gasteiger charge is -2.37. The molecule has 0 radical (unpaired) electrons. The van der Waals surface area contributed by atoms with Crippen molar-refractivity contribution in [2.24, 2.45) is 17.3 Å². The van der Waals surface area contributed by atoms with Gasteiger partial charge < -0.3 is 9.84 Å².